The summed E-state index contributed by atoms with van der Waals surface area (Å²) in [6.45, 7) is 7.00. The summed E-state index contributed by atoms with van der Waals surface area (Å²) in [4.78, 5) is 16.8. The zero-order valence-electron chi connectivity index (χ0n) is 17.5. The monoisotopic (exact) mass is 391 g/mol. The van der Waals surface area contributed by atoms with E-state index < -0.39 is 0 Å². The molecule has 156 valence electrons. The zero-order chi connectivity index (χ0) is 20.1. The number of benzene rings is 1. The van der Waals surface area contributed by atoms with E-state index in [1.54, 1.807) is 21.3 Å². The average molecular weight is 392 g/mol. The van der Waals surface area contributed by atoms with E-state index in [0.717, 1.165) is 44.0 Å². The van der Waals surface area contributed by atoms with Crippen LogP contribution in [0.1, 0.15) is 25.3 Å². The second-order valence-corrected chi connectivity index (χ2v) is 7.74. The zero-order valence-corrected chi connectivity index (χ0v) is 17.5. The van der Waals surface area contributed by atoms with Crippen molar-refractivity contribution in [3.8, 4) is 17.2 Å². The molecule has 2 fully saturated rings. The number of carbonyl (C=O) groups is 1. The van der Waals surface area contributed by atoms with Crippen LogP contribution < -0.4 is 19.5 Å². The minimum absolute atomic E-state index is 0.148. The molecule has 1 aliphatic heterocycles. The molecule has 0 spiro atoms. The topological polar surface area (TPSA) is 63.3 Å². The maximum absolute atomic E-state index is 12.2. The summed E-state index contributed by atoms with van der Waals surface area (Å²) in [7, 11) is 4.90. The van der Waals surface area contributed by atoms with E-state index in [0.29, 0.717) is 30.0 Å². The smallest absolute Gasteiger partial charge is 0.234 e. The largest absolute Gasteiger partial charge is 0.493 e. The van der Waals surface area contributed by atoms with Crippen molar-refractivity contribution in [3.63, 3.8) is 0 Å². The lowest BCUT2D eigenvalue weighted by molar-refractivity contribution is -0.123. The van der Waals surface area contributed by atoms with Gasteiger partial charge in [-0.15, -0.1) is 0 Å². The Morgan fingerprint density at radius 2 is 1.68 bits per heavy atom. The van der Waals surface area contributed by atoms with Crippen LogP contribution in [0.25, 0.3) is 0 Å². The van der Waals surface area contributed by atoms with Crippen molar-refractivity contribution in [1.82, 2.24) is 15.1 Å². The molecule has 1 amide bonds. The summed E-state index contributed by atoms with van der Waals surface area (Å²) in [6.07, 6.45) is 2.50. The Labute approximate surface area is 167 Å². The van der Waals surface area contributed by atoms with Gasteiger partial charge in [-0.25, -0.2) is 0 Å². The highest BCUT2D eigenvalue weighted by Crippen LogP contribution is 2.40. The summed E-state index contributed by atoms with van der Waals surface area (Å²) in [5.74, 6) is 2.85. The minimum atomic E-state index is 0.148. The van der Waals surface area contributed by atoms with Crippen molar-refractivity contribution in [2.75, 3.05) is 54.1 Å². The van der Waals surface area contributed by atoms with Crippen molar-refractivity contribution >= 4 is 5.91 Å². The SMILES string of the molecule is COc1ccc(CN2CCN(CC(=O)N[C@H](C)C3CC3)CC2)c(OC)c1OC. The van der Waals surface area contributed by atoms with E-state index in [-0.39, 0.29) is 5.91 Å². The van der Waals surface area contributed by atoms with Gasteiger partial charge < -0.3 is 19.5 Å². The molecule has 7 heteroatoms. The maximum atomic E-state index is 12.2. The van der Waals surface area contributed by atoms with Crippen molar-refractivity contribution in [3.05, 3.63) is 17.7 Å². The predicted octanol–water partition coefficient (Wildman–Crippen LogP) is 1.74. The Morgan fingerprint density at radius 3 is 2.25 bits per heavy atom. The second kappa shape index (κ2) is 9.47. The summed E-state index contributed by atoms with van der Waals surface area (Å²) in [5, 5.41) is 3.14. The molecular weight excluding hydrogens is 358 g/mol. The number of nitrogens with zero attached hydrogens (tertiary/aromatic N) is 2. The summed E-state index contributed by atoms with van der Waals surface area (Å²) >= 11 is 0. The number of hydrogen-bond acceptors (Lipinski definition) is 6. The Balaban J connectivity index is 1.51. The summed E-state index contributed by atoms with van der Waals surface area (Å²) in [6, 6.07) is 4.25. The molecule has 1 saturated carbocycles. The molecule has 7 nitrogen and oxygen atoms in total. The van der Waals surface area contributed by atoms with Gasteiger partial charge >= 0.3 is 0 Å². The average Bonchev–Trinajstić information content (AvgIpc) is 3.54. The lowest BCUT2D eigenvalue weighted by Gasteiger charge is -2.34. The van der Waals surface area contributed by atoms with Gasteiger partial charge in [0.1, 0.15) is 0 Å². The molecule has 28 heavy (non-hydrogen) atoms. The van der Waals surface area contributed by atoms with Gasteiger partial charge in [0.2, 0.25) is 11.7 Å². The Morgan fingerprint density at radius 1 is 1.04 bits per heavy atom. The first kappa shape index (κ1) is 20.7. The molecule has 3 rings (SSSR count). The molecule has 1 heterocycles. The second-order valence-electron chi connectivity index (χ2n) is 7.74. The molecule has 0 bridgehead atoms. The molecule has 2 aliphatic rings. The first-order chi connectivity index (χ1) is 13.5. The number of amides is 1. The van der Waals surface area contributed by atoms with E-state index in [4.69, 9.17) is 14.2 Å². The van der Waals surface area contributed by atoms with E-state index >= 15 is 0 Å². The van der Waals surface area contributed by atoms with Crippen molar-refractivity contribution < 1.29 is 19.0 Å². The highest BCUT2D eigenvalue weighted by molar-refractivity contribution is 5.78. The van der Waals surface area contributed by atoms with Crippen LogP contribution in [0.15, 0.2) is 12.1 Å². The number of hydrogen-bond donors (Lipinski definition) is 1. The van der Waals surface area contributed by atoms with Crippen molar-refractivity contribution in [1.29, 1.82) is 0 Å². The van der Waals surface area contributed by atoms with Gasteiger partial charge in [0.15, 0.2) is 11.5 Å². The fourth-order valence-corrected chi connectivity index (χ4v) is 3.85. The van der Waals surface area contributed by atoms with Crippen LogP contribution >= 0.6 is 0 Å². The third-order valence-electron chi connectivity index (χ3n) is 5.73. The molecule has 1 aliphatic carbocycles. The van der Waals surface area contributed by atoms with Crippen LogP contribution in [0.5, 0.6) is 17.2 Å². The molecule has 0 unspecified atom stereocenters. The van der Waals surface area contributed by atoms with Crippen molar-refractivity contribution in [2.24, 2.45) is 5.92 Å². The summed E-state index contributed by atoms with van der Waals surface area (Å²) < 4.78 is 16.4. The fourth-order valence-electron chi connectivity index (χ4n) is 3.85. The number of methoxy groups -OCH3 is 3. The van der Waals surface area contributed by atoms with Crippen LogP contribution in [0.4, 0.5) is 0 Å². The quantitative estimate of drug-likeness (QED) is 0.692. The molecule has 1 saturated heterocycles. The first-order valence-corrected chi connectivity index (χ1v) is 10.1. The molecule has 1 aromatic rings. The van der Waals surface area contributed by atoms with Crippen LogP contribution in [0, 0.1) is 5.92 Å². The van der Waals surface area contributed by atoms with E-state index in [1.807, 2.05) is 12.1 Å². The van der Waals surface area contributed by atoms with Gasteiger partial charge in [0, 0.05) is 44.3 Å². The minimum Gasteiger partial charge on any atom is -0.493 e. The van der Waals surface area contributed by atoms with Crippen LogP contribution in [-0.2, 0) is 11.3 Å². The maximum Gasteiger partial charge on any atom is 0.234 e. The van der Waals surface area contributed by atoms with E-state index in [2.05, 4.69) is 22.0 Å². The molecule has 0 radical (unpaired) electrons. The number of piperazine rings is 1. The van der Waals surface area contributed by atoms with Crippen molar-refractivity contribution in [2.45, 2.75) is 32.4 Å². The molecule has 1 aromatic carbocycles. The standard InChI is InChI=1S/C21H33N3O4/c1-15(16-5-6-16)22-19(25)14-24-11-9-23(10-12-24)13-17-7-8-18(26-2)21(28-4)20(17)27-3/h7-8,15-16H,5-6,9-14H2,1-4H3,(H,22,25)/t15-/m1/s1. The van der Waals surface area contributed by atoms with Gasteiger partial charge in [-0.3, -0.25) is 14.6 Å². The lowest BCUT2D eigenvalue weighted by Crippen LogP contribution is -2.50. The van der Waals surface area contributed by atoms with Crippen LogP contribution in [-0.4, -0.2) is 75.8 Å². The highest BCUT2D eigenvalue weighted by atomic mass is 16.5. The molecule has 1 N–H and O–H groups in total. The third kappa shape index (κ3) is 5.08. The number of rotatable bonds is 9. The highest BCUT2D eigenvalue weighted by Gasteiger charge is 2.29. The van der Waals surface area contributed by atoms with E-state index in [1.165, 1.54) is 12.8 Å². The number of ether oxygens (including phenoxy) is 3. The number of carbonyl (C=O) groups excluding carboxylic acids is 1. The van der Waals surface area contributed by atoms with Gasteiger partial charge in [0.25, 0.3) is 0 Å². The first-order valence-electron chi connectivity index (χ1n) is 10.1. The van der Waals surface area contributed by atoms with Gasteiger partial charge in [-0.05, 0) is 31.7 Å². The third-order valence-corrected chi connectivity index (χ3v) is 5.73. The van der Waals surface area contributed by atoms with Gasteiger partial charge in [0.05, 0.1) is 27.9 Å². The van der Waals surface area contributed by atoms with E-state index in [9.17, 15) is 4.79 Å². The Kier molecular flexibility index (Phi) is 7.02. The lowest BCUT2D eigenvalue weighted by atomic mass is 10.1. The Bertz CT molecular complexity index is 670. The molecule has 0 aromatic heterocycles. The van der Waals surface area contributed by atoms with Gasteiger partial charge in [-0.1, -0.05) is 6.07 Å². The summed E-state index contributed by atoms with van der Waals surface area (Å²) in [5.41, 5.74) is 1.07. The Hall–Kier alpha value is -1.99. The normalized spacial score (nSPS) is 19.1. The molecule has 1 atom stereocenters. The molecular formula is C21H33N3O4. The van der Waals surface area contributed by atoms with Gasteiger partial charge in [-0.2, -0.15) is 0 Å². The van der Waals surface area contributed by atoms with Crippen LogP contribution in [0.2, 0.25) is 0 Å². The fraction of sp³-hybridized carbons (Fsp3) is 0.667. The number of nitrogens with one attached hydrogen (secondary N) is 1. The predicted molar refractivity (Wildman–Crippen MR) is 108 cm³/mol. The van der Waals surface area contributed by atoms with Crippen LogP contribution in [0.3, 0.4) is 0 Å².